The minimum Gasteiger partial charge on any atom is -0.353 e. The summed E-state index contributed by atoms with van der Waals surface area (Å²) in [4.78, 5) is 11.6. The zero-order valence-electron chi connectivity index (χ0n) is 10.6. The summed E-state index contributed by atoms with van der Waals surface area (Å²) in [7, 11) is 0. The van der Waals surface area contributed by atoms with Gasteiger partial charge in [0.15, 0.2) is 0 Å². The van der Waals surface area contributed by atoms with Crippen molar-refractivity contribution in [2.45, 2.75) is 65.3 Å². The van der Waals surface area contributed by atoms with Gasteiger partial charge < -0.3 is 5.32 Å². The molecule has 4 heteroatoms. The van der Waals surface area contributed by atoms with E-state index < -0.39 is 12.0 Å². The maximum atomic E-state index is 13.2. The molecule has 1 amide bonds. The number of amides is 1. The van der Waals surface area contributed by atoms with Crippen LogP contribution in [0.25, 0.3) is 0 Å². The van der Waals surface area contributed by atoms with Gasteiger partial charge in [-0.2, -0.15) is 0 Å². The molecule has 0 saturated carbocycles. The Morgan fingerprint density at radius 1 is 1.25 bits per heavy atom. The largest absolute Gasteiger partial charge is 0.353 e. The summed E-state index contributed by atoms with van der Waals surface area (Å²) in [5, 5.41) is 2.69. The Morgan fingerprint density at radius 3 is 2.19 bits per heavy atom. The summed E-state index contributed by atoms with van der Waals surface area (Å²) in [6, 6.07) is -0.420. The van der Waals surface area contributed by atoms with E-state index in [9.17, 15) is 13.6 Å². The Labute approximate surface area is 96.8 Å². The summed E-state index contributed by atoms with van der Waals surface area (Å²) in [5.74, 6) is -2.91. The van der Waals surface area contributed by atoms with Gasteiger partial charge in [0.25, 0.3) is 0 Å². The van der Waals surface area contributed by atoms with Gasteiger partial charge in [0.1, 0.15) is 0 Å². The second kappa shape index (κ2) is 6.81. The van der Waals surface area contributed by atoms with Crippen LogP contribution in [0.3, 0.4) is 0 Å². The van der Waals surface area contributed by atoms with Gasteiger partial charge in [-0.25, -0.2) is 8.78 Å². The molecule has 1 N–H and O–H groups in total. The Kier molecular flexibility index (Phi) is 6.53. The van der Waals surface area contributed by atoms with Crippen LogP contribution in [0.15, 0.2) is 0 Å². The number of hydrogen-bond donors (Lipinski definition) is 1. The van der Waals surface area contributed by atoms with Crippen molar-refractivity contribution in [1.29, 1.82) is 0 Å². The zero-order chi connectivity index (χ0) is 12.8. The molecule has 0 saturated heterocycles. The van der Waals surface area contributed by atoms with Gasteiger partial charge >= 0.3 is 0 Å². The fraction of sp³-hybridized carbons (Fsp3) is 0.917. The molecule has 0 aliphatic carbocycles. The topological polar surface area (TPSA) is 29.1 Å². The molecule has 96 valence electrons. The quantitative estimate of drug-likeness (QED) is 0.720. The first kappa shape index (κ1) is 15.3. The fourth-order valence-corrected chi connectivity index (χ4v) is 1.33. The zero-order valence-corrected chi connectivity index (χ0v) is 10.6. The third-order valence-electron chi connectivity index (χ3n) is 2.96. The van der Waals surface area contributed by atoms with Crippen molar-refractivity contribution in [2.24, 2.45) is 5.92 Å². The molecule has 2 unspecified atom stereocenters. The van der Waals surface area contributed by atoms with Crippen molar-refractivity contribution in [3.8, 4) is 0 Å². The normalized spacial score (nSPS) is 15.6. The molecule has 0 spiro atoms. The third-order valence-corrected chi connectivity index (χ3v) is 2.96. The molecule has 0 radical (unpaired) electrons. The lowest BCUT2D eigenvalue weighted by Gasteiger charge is -2.23. The minimum atomic E-state index is -2.68. The molecule has 0 fully saturated rings. The van der Waals surface area contributed by atoms with Crippen LogP contribution in [0.1, 0.15) is 53.4 Å². The van der Waals surface area contributed by atoms with E-state index in [0.29, 0.717) is 6.42 Å². The molecule has 0 aromatic heterocycles. The maximum Gasteiger partial charge on any atom is 0.249 e. The first-order valence-electron chi connectivity index (χ1n) is 6.04. The highest BCUT2D eigenvalue weighted by Crippen LogP contribution is 2.25. The Bertz CT molecular complexity index is 219. The van der Waals surface area contributed by atoms with Gasteiger partial charge in [-0.1, -0.05) is 27.7 Å². The van der Waals surface area contributed by atoms with Crippen molar-refractivity contribution in [2.75, 3.05) is 0 Å². The first-order valence-corrected chi connectivity index (χ1v) is 6.04. The van der Waals surface area contributed by atoms with E-state index in [1.54, 1.807) is 6.92 Å². The highest BCUT2D eigenvalue weighted by molar-refractivity contribution is 5.78. The number of nitrogens with one attached hydrogen (secondary N) is 1. The van der Waals surface area contributed by atoms with Gasteiger partial charge in [0, 0.05) is 24.8 Å². The standard InChI is InChI=1S/C12H23F2NO/c1-5-9(4)11(16)15-10(6-2)8-12(13,14)7-3/h9-10H,5-8H2,1-4H3,(H,15,16). The second-order valence-electron chi connectivity index (χ2n) is 4.34. The van der Waals surface area contributed by atoms with Crippen molar-refractivity contribution < 1.29 is 13.6 Å². The molecule has 0 aliphatic heterocycles. The predicted octanol–water partition coefficient (Wildman–Crippen LogP) is 3.36. The Morgan fingerprint density at radius 2 is 1.81 bits per heavy atom. The Hall–Kier alpha value is -0.670. The van der Waals surface area contributed by atoms with Crippen LogP contribution in [0.4, 0.5) is 8.78 Å². The van der Waals surface area contributed by atoms with Crippen LogP contribution in [0.2, 0.25) is 0 Å². The first-order chi connectivity index (χ1) is 7.36. The van der Waals surface area contributed by atoms with Gasteiger partial charge in [0.05, 0.1) is 0 Å². The van der Waals surface area contributed by atoms with Crippen LogP contribution in [0, 0.1) is 5.92 Å². The summed E-state index contributed by atoms with van der Waals surface area (Å²) < 4.78 is 26.3. The highest BCUT2D eigenvalue weighted by atomic mass is 19.3. The summed E-state index contributed by atoms with van der Waals surface area (Å²) >= 11 is 0. The van der Waals surface area contributed by atoms with Gasteiger partial charge in [-0.05, 0) is 12.8 Å². The number of halogens is 2. The molecule has 0 aliphatic rings. The number of carbonyl (C=O) groups excluding carboxylic acids is 1. The fourth-order valence-electron chi connectivity index (χ4n) is 1.33. The average molecular weight is 235 g/mol. The molecule has 16 heavy (non-hydrogen) atoms. The number of carbonyl (C=O) groups is 1. The van der Waals surface area contributed by atoms with Crippen LogP contribution in [-0.2, 0) is 4.79 Å². The summed E-state index contributed by atoms with van der Waals surface area (Å²) in [6.45, 7) is 6.99. The van der Waals surface area contributed by atoms with Crippen LogP contribution in [0.5, 0.6) is 0 Å². The molecule has 0 bridgehead atoms. The lowest BCUT2D eigenvalue weighted by Crippen LogP contribution is -2.41. The SMILES string of the molecule is CCC(CC(F)(F)CC)NC(=O)C(C)CC. The maximum absolute atomic E-state index is 13.2. The molecule has 2 atom stereocenters. The molecule has 0 rings (SSSR count). The van der Waals surface area contributed by atoms with Crippen LogP contribution < -0.4 is 5.32 Å². The third kappa shape index (κ3) is 5.42. The molecule has 0 heterocycles. The van der Waals surface area contributed by atoms with E-state index in [1.807, 2.05) is 13.8 Å². The monoisotopic (exact) mass is 235 g/mol. The second-order valence-corrected chi connectivity index (χ2v) is 4.34. The lowest BCUT2D eigenvalue weighted by molar-refractivity contribution is -0.126. The van der Waals surface area contributed by atoms with Gasteiger partial charge in [-0.3, -0.25) is 4.79 Å². The van der Waals surface area contributed by atoms with Crippen molar-refractivity contribution in [1.82, 2.24) is 5.32 Å². The summed E-state index contributed by atoms with van der Waals surface area (Å²) in [5.41, 5.74) is 0. The molecular formula is C12H23F2NO. The van der Waals surface area contributed by atoms with Gasteiger partial charge in [-0.15, -0.1) is 0 Å². The molecule has 2 nitrogen and oxygen atoms in total. The summed E-state index contributed by atoms with van der Waals surface area (Å²) in [6.07, 6.45) is 0.828. The van der Waals surface area contributed by atoms with E-state index in [0.717, 1.165) is 6.42 Å². The van der Waals surface area contributed by atoms with Crippen molar-refractivity contribution in [3.05, 3.63) is 0 Å². The Balaban J connectivity index is 4.26. The van der Waals surface area contributed by atoms with E-state index in [2.05, 4.69) is 5.32 Å². The molecular weight excluding hydrogens is 212 g/mol. The van der Waals surface area contributed by atoms with E-state index >= 15 is 0 Å². The molecule has 0 aromatic carbocycles. The highest BCUT2D eigenvalue weighted by Gasteiger charge is 2.30. The van der Waals surface area contributed by atoms with Crippen molar-refractivity contribution >= 4 is 5.91 Å². The number of rotatable bonds is 7. The van der Waals surface area contributed by atoms with E-state index in [4.69, 9.17) is 0 Å². The minimum absolute atomic E-state index is 0.107. The van der Waals surface area contributed by atoms with Gasteiger partial charge in [0.2, 0.25) is 11.8 Å². The number of hydrogen-bond acceptors (Lipinski definition) is 1. The van der Waals surface area contributed by atoms with Crippen molar-refractivity contribution in [3.63, 3.8) is 0 Å². The lowest BCUT2D eigenvalue weighted by atomic mass is 10.0. The number of alkyl halides is 2. The smallest absolute Gasteiger partial charge is 0.249 e. The van der Waals surface area contributed by atoms with Crippen LogP contribution in [-0.4, -0.2) is 17.9 Å². The average Bonchev–Trinajstić information content (AvgIpc) is 2.26. The van der Waals surface area contributed by atoms with E-state index in [1.165, 1.54) is 6.92 Å². The van der Waals surface area contributed by atoms with E-state index in [-0.39, 0.29) is 24.7 Å². The molecule has 0 aromatic rings. The van der Waals surface area contributed by atoms with Crippen LogP contribution >= 0.6 is 0 Å². The predicted molar refractivity (Wildman–Crippen MR) is 61.5 cm³/mol.